The van der Waals surface area contributed by atoms with E-state index in [2.05, 4.69) is 34.5 Å². The Morgan fingerprint density at radius 1 is 1.27 bits per heavy atom. The van der Waals surface area contributed by atoms with E-state index < -0.39 is 0 Å². The maximum atomic E-state index is 5.72. The predicted octanol–water partition coefficient (Wildman–Crippen LogP) is 2.46. The summed E-state index contributed by atoms with van der Waals surface area (Å²) in [6, 6.07) is 9.20. The van der Waals surface area contributed by atoms with E-state index in [9.17, 15) is 0 Å². The Labute approximate surface area is 133 Å². The summed E-state index contributed by atoms with van der Waals surface area (Å²) in [7, 11) is 0. The van der Waals surface area contributed by atoms with Gasteiger partial charge < -0.3 is 14.8 Å². The third-order valence-corrected chi connectivity index (χ3v) is 4.77. The molecule has 0 bridgehead atoms. The van der Waals surface area contributed by atoms with Crippen molar-refractivity contribution in [3.8, 4) is 5.75 Å². The molecule has 1 N–H and O–H groups in total. The zero-order valence-corrected chi connectivity index (χ0v) is 13.6. The molecule has 1 atom stereocenters. The van der Waals surface area contributed by atoms with Crippen LogP contribution >= 0.6 is 0 Å². The SMILES string of the molecule is CCOc1cccc([C@H](C2CCOCC2)N2CCNCC2)c1. The molecule has 4 nitrogen and oxygen atoms in total. The molecule has 2 aliphatic rings. The van der Waals surface area contributed by atoms with Crippen LogP contribution in [-0.4, -0.2) is 50.9 Å². The van der Waals surface area contributed by atoms with Gasteiger partial charge in [-0.25, -0.2) is 0 Å². The van der Waals surface area contributed by atoms with Crippen LogP contribution in [0.15, 0.2) is 24.3 Å². The summed E-state index contributed by atoms with van der Waals surface area (Å²) >= 11 is 0. The van der Waals surface area contributed by atoms with Crippen LogP contribution in [0.4, 0.5) is 0 Å². The minimum Gasteiger partial charge on any atom is -0.494 e. The van der Waals surface area contributed by atoms with Gasteiger partial charge in [0, 0.05) is 45.4 Å². The van der Waals surface area contributed by atoms with Crippen LogP contribution in [0.1, 0.15) is 31.4 Å². The molecule has 0 spiro atoms. The molecule has 0 amide bonds. The van der Waals surface area contributed by atoms with Crippen molar-refractivity contribution in [2.24, 2.45) is 5.92 Å². The number of rotatable bonds is 5. The highest BCUT2D eigenvalue weighted by atomic mass is 16.5. The molecule has 122 valence electrons. The summed E-state index contributed by atoms with van der Waals surface area (Å²) in [5.41, 5.74) is 1.40. The minimum atomic E-state index is 0.492. The lowest BCUT2D eigenvalue weighted by Crippen LogP contribution is -2.47. The normalized spacial score (nSPS) is 22.4. The topological polar surface area (TPSA) is 33.7 Å². The van der Waals surface area contributed by atoms with Gasteiger partial charge in [0.25, 0.3) is 0 Å². The largest absolute Gasteiger partial charge is 0.494 e. The van der Waals surface area contributed by atoms with E-state index in [0.717, 1.165) is 64.6 Å². The molecule has 2 saturated heterocycles. The standard InChI is InChI=1S/C18H28N2O2/c1-2-22-17-5-3-4-16(14-17)18(15-6-12-21-13-7-15)20-10-8-19-9-11-20/h3-5,14-15,18-19H,2,6-13H2,1H3/t18-/m0/s1. The second kappa shape index (κ2) is 7.95. The van der Waals surface area contributed by atoms with Gasteiger partial charge >= 0.3 is 0 Å². The zero-order valence-electron chi connectivity index (χ0n) is 13.6. The fourth-order valence-corrected chi connectivity index (χ4v) is 3.73. The van der Waals surface area contributed by atoms with Crippen LogP contribution in [0.3, 0.4) is 0 Å². The highest BCUT2D eigenvalue weighted by Crippen LogP contribution is 2.36. The molecule has 0 saturated carbocycles. The quantitative estimate of drug-likeness (QED) is 0.906. The fraction of sp³-hybridized carbons (Fsp3) is 0.667. The van der Waals surface area contributed by atoms with E-state index in [4.69, 9.17) is 9.47 Å². The summed E-state index contributed by atoms with van der Waals surface area (Å²) in [4.78, 5) is 2.65. The van der Waals surface area contributed by atoms with Crippen LogP contribution < -0.4 is 10.1 Å². The van der Waals surface area contributed by atoms with Crippen LogP contribution in [0.2, 0.25) is 0 Å². The molecule has 3 rings (SSSR count). The van der Waals surface area contributed by atoms with Crippen LogP contribution in [0.25, 0.3) is 0 Å². The maximum Gasteiger partial charge on any atom is 0.119 e. The first-order chi connectivity index (χ1) is 10.9. The van der Waals surface area contributed by atoms with Gasteiger partial charge in [0.15, 0.2) is 0 Å². The predicted molar refractivity (Wildman–Crippen MR) is 88.3 cm³/mol. The third kappa shape index (κ3) is 3.80. The second-order valence-electron chi connectivity index (χ2n) is 6.19. The van der Waals surface area contributed by atoms with Gasteiger partial charge in [-0.1, -0.05) is 12.1 Å². The molecule has 2 aliphatic heterocycles. The highest BCUT2D eigenvalue weighted by Gasteiger charge is 2.31. The monoisotopic (exact) mass is 304 g/mol. The number of hydrogen-bond acceptors (Lipinski definition) is 4. The zero-order chi connectivity index (χ0) is 15.2. The number of nitrogens with zero attached hydrogens (tertiary/aromatic N) is 1. The summed E-state index contributed by atoms with van der Waals surface area (Å²) in [6.45, 7) is 8.99. The first-order valence-corrected chi connectivity index (χ1v) is 8.63. The van der Waals surface area contributed by atoms with Crippen LogP contribution in [-0.2, 0) is 4.74 Å². The average molecular weight is 304 g/mol. The molecular formula is C18H28N2O2. The van der Waals surface area contributed by atoms with Crippen molar-refractivity contribution in [1.29, 1.82) is 0 Å². The molecule has 0 radical (unpaired) electrons. The van der Waals surface area contributed by atoms with E-state index in [1.54, 1.807) is 0 Å². The Kier molecular flexibility index (Phi) is 5.70. The van der Waals surface area contributed by atoms with Crippen LogP contribution in [0.5, 0.6) is 5.75 Å². The molecular weight excluding hydrogens is 276 g/mol. The first-order valence-electron chi connectivity index (χ1n) is 8.63. The van der Waals surface area contributed by atoms with E-state index in [0.29, 0.717) is 12.0 Å². The Balaban J connectivity index is 1.84. The molecule has 1 aromatic rings. The van der Waals surface area contributed by atoms with Gasteiger partial charge in [-0.2, -0.15) is 0 Å². The van der Waals surface area contributed by atoms with Crippen molar-refractivity contribution >= 4 is 0 Å². The van der Waals surface area contributed by atoms with Gasteiger partial charge in [-0.15, -0.1) is 0 Å². The van der Waals surface area contributed by atoms with Gasteiger partial charge in [0.05, 0.1) is 6.61 Å². The molecule has 22 heavy (non-hydrogen) atoms. The number of nitrogens with one attached hydrogen (secondary N) is 1. The summed E-state index contributed by atoms with van der Waals surface area (Å²) in [6.07, 6.45) is 2.32. The van der Waals surface area contributed by atoms with E-state index in [1.807, 2.05) is 6.92 Å². The van der Waals surface area contributed by atoms with Crippen LogP contribution in [0, 0.1) is 5.92 Å². The van der Waals surface area contributed by atoms with Crippen molar-refractivity contribution in [3.05, 3.63) is 29.8 Å². The van der Waals surface area contributed by atoms with E-state index in [-0.39, 0.29) is 0 Å². The summed E-state index contributed by atoms with van der Waals surface area (Å²) in [5.74, 6) is 1.68. The maximum absolute atomic E-state index is 5.72. The number of piperazine rings is 1. The smallest absolute Gasteiger partial charge is 0.119 e. The summed E-state index contributed by atoms with van der Waals surface area (Å²) < 4.78 is 11.3. The fourth-order valence-electron chi connectivity index (χ4n) is 3.73. The average Bonchev–Trinajstić information content (AvgIpc) is 2.58. The molecule has 0 aliphatic carbocycles. The van der Waals surface area contributed by atoms with E-state index >= 15 is 0 Å². The Bertz CT molecular complexity index is 436. The van der Waals surface area contributed by atoms with Gasteiger partial charge in [0.2, 0.25) is 0 Å². The number of ether oxygens (including phenoxy) is 2. The first kappa shape index (κ1) is 15.8. The lowest BCUT2D eigenvalue weighted by atomic mass is 9.85. The van der Waals surface area contributed by atoms with E-state index in [1.165, 1.54) is 5.56 Å². The lowest BCUT2D eigenvalue weighted by molar-refractivity contribution is 0.0212. The Morgan fingerprint density at radius 3 is 2.77 bits per heavy atom. The van der Waals surface area contributed by atoms with Gasteiger partial charge in [-0.3, -0.25) is 4.90 Å². The lowest BCUT2D eigenvalue weighted by Gasteiger charge is -2.41. The molecule has 2 fully saturated rings. The number of hydrogen-bond donors (Lipinski definition) is 1. The highest BCUT2D eigenvalue weighted by molar-refractivity contribution is 5.31. The summed E-state index contributed by atoms with van der Waals surface area (Å²) in [5, 5.41) is 3.46. The molecule has 0 aromatic heterocycles. The Morgan fingerprint density at radius 2 is 2.05 bits per heavy atom. The van der Waals surface area contributed by atoms with Crippen molar-refractivity contribution in [2.45, 2.75) is 25.8 Å². The number of benzene rings is 1. The molecule has 1 aromatic carbocycles. The molecule has 4 heteroatoms. The second-order valence-corrected chi connectivity index (χ2v) is 6.19. The van der Waals surface area contributed by atoms with Crippen molar-refractivity contribution < 1.29 is 9.47 Å². The Hall–Kier alpha value is -1.10. The van der Waals surface area contributed by atoms with Crippen molar-refractivity contribution in [2.75, 3.05) is 46.0 Å². The van der Waals surface area contributed by atoms with Gasteiger partial charge in [0.1, 0.15) is 5.75 Å². The van der Waals surface area contributed by atoms with Crippen molar-refractivity contribution in [3.63, 3.8) is 0 Å². The van der Waals surface area contributed by atoms with Gasteiger partial charge in [-0.05, 0) is 43.4 Å². The molecule has 2 heterocycles. The third-order valence-electron chi connectivity index (χ3n) is 4.77. The van der Waals surface area contributed by atoms with Crippen molar-refractivity contribution in [1.82, 2.24) is 10.2 Å². The molecule has 0 unspecified atom stereocenters. The minimum absolute atomic E-state index is 0.492.